The van der Waals surface area contributed by atoms with E-state index >= 15 is 0 Å². The lowest BCUT2D eigenvalue weighted by atomic mass is 9.85. The molecule has 2 heteroatoms. The van der Waals surface area contributed by atoms with Crippen LogP contribution in [0, 0.1) is 18.8 Å². The summed E-state index contributed by atoms with van der Waals surface area (Å²) in [5.41, 5.74) is 9.66. The summed E-state index contributed by atoms with van der Waals surface area (Å²) in [7, 11) is 0. The molecule has 18 heavy (non-hydrogen) atoms. The number of anilines is 1. The minimum absolute atomic E-state index is 0.629. The molecule has 0 radical (unpaired) electrons. The number of nitrogens with two attached hydrogens (primary N) is 1. The van der Waals surface area contributed by atoms with Crippen LogP contribution in [-0.4, -0.2) is 12.6 Å². The van der Waals surface area contributed by atoms with E-state index in [1.54, 1.807) is 0 Å². The molecule has 1 aromatic rings. The Bertz CT molecular complexity index is 414. The first kappa shape index (κ1) is 13.4. The van der Waals surface area contributed by atoms with E-state index < -0.39 is 0 Å². The zero-order valence-electron chi connectivity index (χ0n) is 12.1. The van der Waals surface area contributed by atoms with Gasteiger partial charge in [-0.3, -0.25) is 0 Å². The summed E-state index contributed by atoms with van der Waals surface area (Å²) in [6.07, 6.45) is 1.34. The number of benzene rings is 1. The molecule has 0 spiro atoms. The van der Waals surface area contributed by atoms with Gasteiger partial charge in [0.1, 0.15) is 0 Å². The van der Waals surface area contributed by atoms with Gasteiger partial charge in [-0.15, -0.1) is 0 Å². The Labute approximate surface area is 111 Å². The van der Waals surface area contributed by atoms with Gasteiger partial charge in [-0.1, -0.05) is 19.9 Å². The van der Waals surface area contributed by atoms with E-state index in [1.165, 1.54) is 29.8 Å². The third-order valence-corrected chi connectivity index (χ3v) is 4.48. The van der Waals surface area contributed by atoms with Gasteiger partial charge < -0.3 is 10.6 Å². The van der Waals surface area contributed by atoms with Gasteiger partial charge in [-0.05, 0) is 55.4 Å². The molecule has 3 unspecified atom stereocenters. The Morgan fingerprint density at radius 3 is 2.61 bits per heavy atom. The molecule has 100 valence electrons. The first-order valence-corrected chi connectivity index (χ1v) is 7.09. The maximum Gasteiger partial charge on any atom is 0.0371 e. The Hall–Kier alpha value is -1.02. The van der Waals surface area contributed by atoms with Crippen LogP contribution in [0.1, 0.15) is 38.3 Å². The van der Waals surface area contributed by atoms with Crippen LogP contribution in [-0.2, 0) is 6.54 Å². The van der Waals surface area contributed by atoms with E-state index in [0.717, 1.165) is 11.8 Å². The van der Waals surface area contributed by atoms with E-state index in [0.29, 0.717) is 12.6 Å². The average Bonchev–Trinajstić information content (AvgIpc) is 2.33. The van der Waals surface area contributed by atoms with Gasteiger partial charge in [0.15, 0.2) is 0 Å². The van der Waals surface area contributed by atoms with E-state index in [9.17, 15) is 0 Å². The van der Waals surface area contributed by atoms with Gasteiger partial charge >= 0.3 is 0 Å². The highest BCUT2D eigenvalue weighted by Gasteiger charge is 2.28. The zero-order chi connectivity index (χ0) is 13.3. The Balaban J connectivity index is 2.27. The normalized spacial score (nSPS) is 28.5. The third-order valence-electron chi connectivity index (χ3n) is 4.48. The SMILES string of the molecule is Cc1cc(N2CC(C)CC(C)C2C)ccc1CN. The number of piperidine rings is 1. The molecule has 0 aromatic heterocycles. The second kappa shape index (κ2) is 5.31. The Morgan fingerprint density at radius 2 is 2.00 bits per heavy atom. The minimum Gasteiger partial charge on any atom is -0.368 e. The fourth-order valence-electron chi connectivity index (χ4n) is 3.14. The lowest BCUT2D eigenvalue weighted by Crippen LogP contribution is -2.45. The minimum atomic E-state index is 0.629. The quantitative estimate of drug-likeness (QED) is 0.867. The Morgan fingerprint density at radius 1 is 1.28 bits per heavy atom. The molecule has 1 saturated heterocycles. The van der Waals surface area contributed by atoms with Crippen molar-refractivity contribution in [2.45, 2.75) is 46.7 Å². The summed E-state index contributed by atoms with van der Waals surface area (Å²) in [5.74, 6) is 1.55. The average molecular weight is 246 g/mol. The fourth-order valence-corrected chi connectivity index (χ4v) is 3.14. The number of nitrogens with zero attached hydrogens (tertiary/aromatic N) is 1. The highest BCUT2D eigenvalue weighted by Crippen LogP contribution is 2.32. The van der Waals surface area contributed by atoms with Crippen molar-refractivity contribution in [3.05, 3.63) is 29.3 Å². The van der Waals surface area contributed by atoms with Crippen molar-refractivity contribution in [1.82, 2.24) is 0 Å². The lowest BCUT2D eigenvalue weighted by Gasteiger charge is -2.43. The second-order valence-electron chi connectivity index (χ2n) is 6.03. The van der Waals surface area contributed by atoms with Crippen LogP contribution in [0.4, 0.5) is 5.69 Å². The summed E-state index contributed by atoms with van der Waals surface area (Å²) in [6.45, 7) is 11.0. The monoisotopic (exact) mass is 246 g/mol. The highest BCUT2D eigenvalue weighted by molar-refractivity contribution is 5.52. The van der Waals surface area contributed by atoms with Crippen LogP contribution in [0.2, 0.25) is 0 Å². The van der Waals surface area contributed by atoms with Gasteiger partial charge in [0.2, 0.25) is 0 Å². The predicted molar refractivity (Wildman–Crippen MR) is 78.8 cm³/mol. The number of hydrogen-bond acceptors (Lipinski definition) is 2. The standard InChI is InChI=1S/C16H26N2/c1-11-7-12(2)14(4)18(10-11)16-6-5-15(9-17)13(3)8-16/h5-6,8,11-12,14H,7,9-10,17H2,1-4H3. The van der Waals surface area contributed by atoms with Crippen LogP contribution in [0.25, 0.3) is 0 Å². The van der Waals surface area contributed by atoms with Gasteiger partial charge in [0.05, 0.1) is 0 Å². The van der Waals surface area contributed by atoms with E-state index in [1.807, 2.05) is 0 Å². The summed E-state index contributed by atoms with van der Waals surface area (Å²) in [4.78, 5) is 2.56. The first-order chi connectivity index (χ1) is 8.52. The van der Waals surface area contributed by atoms with Crippen molar-refractivity contribution in [3.8, 4) is 0 Å². The number of hydrogen-bond donors (Lipinski definition) is 1. The highest BCUT2D eigenvalue weighted by atomic mass is 15.2. The molecular weight excluding hydrogens is 220 g/mol. The van der Waals surface area contributed by atoms with Crippen molar-refractivity contribution >= 4 is 5.69 Å². The van der Waals surface area contributed by atoms with Gasteiger partial charge in [0.25, 0.3) is 0 Å². The van der Waals surface area contributed by atoms with E-state index in [-0.39, 0.29) is 0 Å². The molecule has 1 aliphatic heterocycles. The molecule has 0 saturated carbocycles. The molecule has 2 nitrogen and oxygen atoms in total. The van der Waals surface area contributed by atoms with Crippen LogP contribution in [0.3, 0.4) is 0 Å². The molecule has 0 bridgehead atoms. The smallest absolute Gasteiger partial charge is 0.0371 e. The summed E-state index contributed by atoms with van der Waals surface area (Å²) < 4.78 is 0. The largest absolute Gasteiger partial charge is 0.368 e. The molecular formula is C16H26N2. The summed E-state index contributed by atoms with van der Waals surface area (Å²) in [6, 6.07) is 7.34. The maximum atomic E-state index is 5.74. The maximum absolute atomic E-state index is 5.74. The lowest BCUT2D eigenvalue weighted by molar-refractivity contribution is 0.297. The van der Waals surface area contributed by atoms with Crippen molar-refractivity contribution in [1.29, 1.82) is 0 Å². The van der Waals surface area contributed by atoms with Crippen LogP contribution in [0.5, 0.6) is 0 Å². The molecule has 1 aliphatic rings. The van der Waals surface area contributed by atoms with Crippen molar-refractivity contribution in [3.63, 3.8) is 0 Å². The molecule has 0 aliphatic carbocycles. The molecule has 1 aromatic carbocycles. The summed E-state index contributed by atoms with van der Waals surface area (Å²) >= 11 is 0. The van der Waals surface area contributed by atoms with Crippen LogP contribution in [0.15, 0.2) is 18.2 Å². The topological polar surface area (TPSA) is 29.3 Å². The van der Waals surface area contributed by atoms with Crippen molar-refractivity contribution < 1.29 is 0 Å². The van der Waals surface area contributed by atoms with Gasteiger partial charge in [-0.2, -0.15) is 0 Å². The first-order valence-electron chi connectivity index (χ1n) is 7.09. The molecule has 3 atom stereocenters. The molecule has 0 amide bonds. The molecule has 2 N–H and O–H groups in total. The molecule has 2 rings (SSSR count). The van der Waals surface area contributed by atoms with Gasteiger partial charge in [0, 0.05) is 24.8 Å². The van der Waals surface area contributed by atoms with Crippen molar-refractivity contribution in [2.24, 2.45) is 17.6 Å². The zero-order valence-corrected chi connectivity index (χ0v) is 12.1. The third kappa shape index (κ3) is 2.54. The number of rotatable bonds is 2. The van der Waals surface area contributed by atoms with Crippen LogP contribution >= 0.6 is 0 Å². The molecule has 1 fully saturated rings. The molecule has 1 heterocycles. The fraction of sp³-hybridized carbons (Fsp3) is 0.625. The number of aryl methyl sites for hydroxylation is 1. The second-order valence-corrected chi connectivity index (χ2v) is 6.03. The predicted octanol–water partition coefficient (Wildman–Crippen LogP) is 3.32. The van der Waals surface area contributed by atoms with Gasteiger partial charge in [-0.25, -0.2) is 0 Å². The van der Waals surface area contributed by atoms with E-state index in [4.69, 9.17) is 5.73 Å². The Kier molecular flexibility index (Phi) is 3.96. The van der Waals surface area contributed by atoms with Crippen LogP contribution < -0.4 is 10.6 Å². The van der Waals surface area contributed by atoms with E-state index in [2.05, 4.69) is 50.8 Å². The van der Waals surface area contributed by atoms with Crippen molar-refractivity contribution in [2.75, 3.05) is 11.4 Å². The summed E-state index contributed by atoms with van der Waals surface area (Å²) in [5, 5.41) is 0.